The molecule has 0 radical (unpaired) electrons. The van der Waals surface area contributed by atoms with Crippen LogP contribution >= 0.6 is 0 Å². The highest BCUT2D eigenvalue weighted by Crippen LogP contribution is 2.23. The predicted octanol–water partition coefficient (Wildman–Crippen LogP) is 3.16. The molecule has 1 aliphatic heterocycles. The van der Waals surface area contributed by atoms with Crippen LogP contribution < -0.4 is 5.32 Å². The Kier molecular flexibility index (Phi) is 5.49. The molecular weight excluding hydrogens is 351 g/mol. The first-order valence-electron chi connectivity index (χ1n) is 8.64. The van der Waals surface area contributed by atoms with E-state index in [1.165, 1.54) is 24.3 Å². The van der Waals surface area contributed by atoms with Crippen molar-refractivity contribution < 1.29 is 23.9 Å². The summed E-state index contributed by atoms with van der Waals surface area (Å²) in [5.41, 5.74) is 1.11. The molecule has 1 unspecified atom stereocenters. The molecule has 3 rings (SSSR count). The lowest BCUT2D eigenvalue weighted by Crippen LogP contribution is -2.36. The van der Waals surface area contributed by atoms with Crippen LogP contribution in [0, 0.1) is 5.82 Å². The summed E-state index contributed by atoms with van der Waals surface area (Å²) in [4.78, 5) is 37.6. The largest absolute Gasteiger partial charge is 0.481 e. The van der Waals surface area contributed by atoms with Gasteiger partial charge >= 0.3 is 5.97 Å². The summed E-state index contributed by atoms with van der Waals surface area (Å²) in [7, 11) is 0. The smallest absolute Gasteiger partial charge is 0.305 e. The summed E-state index contributed by atoms with van der Waals surface area (Å²) >= 11 is 0. The molecule has 0 bridgehead atoms. The Hall–Kier alpha value is -3.22. The minimum atomic E-state index is -0.931. The highest BCUT2D eigenvalue weighted by Gasteiger charge is 2.31. The number of halogens is 1. The van der Waals surface area contributed by atoms with Gasteiger partial charge in [-0.1, -0.05) is 6.07 Å². The number of carboxylic acid groups (broad SMARTS) is 1. The van der Waals surface area contributed by atoms with E-state index in [1.54, 1.807) is 29.2 Å². The molecule has 1 fully saturated rings. The number of rotatable bonds is 5. The topological polar surface area (TPSA) is 86.7 Å². The number of likely N-dealkylation sites (tertiary alicyclic amines) is 1. The molecule has 2 amide bonds. The van der Waals surface area contributed by atoms with Crippen molar-refractivity contribution in [2.45, 2.75) is 25.3 Å². The third-order valence-corrected chi connectivity index (χ3v) is 4.52. The van der Waals surface area contributed by atoms with Gasteiger partial charge < -0.3 is 15.3 Å². The molecule has 2 aromatic rings. The maximum Gasteiger partial charge on any atom is 0.305 e. The molecule has 0 spiro atoms. The normalized spacial score (nSPS) is 16.2. The van der Waals surface area contributed by atoms with Crippen molar-refractivity contribution >= 4 is 23.5 Å². The van der Waals surface area contributed by atoms with Crippen molar-refractivity contribution in [2.24, 2.45) is 0 Å². The molecule has 0 saturated carbocycles. The molecule has 6 nitrogen and oxygen atoms in total. The number of benzene rings is 2. The van der Waals surface area contributed by atoms with Gasteiger partial charge in [-0.05, 0) is 55.3 Å². The van der Waals surface area contributed by atoms with Crippen LogP contribution in [0.5, 0.6) is 0 Å². The monoisotopic (exact) mass is 370 g/mol. The van der Waals surface area contributed by atoms with E-state index in [2.05, 4.69) is 5.32 Å². The first kappa shape index (κ1) is 18.6. The first-order chi connectivity index (χ1) is 12.9. The lowest BCUT2D eigenvalue weighted by Gasteiger charge is -2.23. The van der Waals surface area contributed by atoms with E-state index in [1.807, 2.05) is 0 Å². The molecule has 7 heteroatoms. The van der Waals surface area contributed by atoms with E-state index in [4.69, 9.17) is 5.11 Å². The summed E-state index contributed by atoms with van der Waals surface area (Å²) < 4.78 is 13.0. The number of aliphatic carboxylic acids is 1. The van der Waals surface area contributed by atoms with Gasteiger partial charge in [-0.2, -0.15) is 0 Å². The summed E-state index contributed by atoms with van der Waals surface area (Å²) in [5.74, 6) is -2.03. The van der Waals surface area contributed by atoms with Gasteiger partial charge in [0.25, 0.3) is 11.8 Å². The molecular formula is C20H19FN2O4. The van der Waals surface area contributed by atoms with E-state index < -0.39 is 17.7 Å². The zero-order valence-corrected chi connectivity index (χ0v) is 14.5. The molecule has 140 valence electrons. The van der Waals surface area contributed by atoms with Crippen molar-refractivity contribution in [3.8, 4) is 0 Å². The number of carboxylic acids is 1. The van der Waals surface area contributed by atoms with Gasteiger partial charge in [-0.15, -0.1) is 0 Å². The third-order valence-electron chi connectivity index (χ3n) is 4.52. The molecule has 2 aromatic carbocycles. The number of anilines is 1. The summed E-state index contributed by atoms with van der Waals surface area (Å²) in [6.07, 6.45) is 1.36. The van der Waals surface area contributed by atoms with Gasteiger partial charge in [-0.3, -0.25) is 14.4 Å². The number of carbonyl (C=O) groups is 3. The highest BCUT2D eigenvalue weighted by atomic mass is 19.1. The number of carbonyl (C=O) groups excluding carboxylic acids is 2. The Balaban J connectivity index is 1.73. The average molecular weight is 370 g/mol. The Morgan fingerprint density at radius 1 is 1.11 bits per heavy atom. The fourth-order valence-corrected chi connectivity index (χ4v) is 3.22. The van der Waals surface area contributed by atoms with Crippen LogP contribution in [0.2, 0.25) is 0 Å². The molecule has 1 heterocycles. The standard InChI is InChI=1S/C20H19FN2O4/c21-15-8-6-13(7-9-15)19(26)22-16-4-1-3-14(11-16)20(27)23-10-2-5-17(23)12-18(24)25/h1,3-4,6-9,11,17H,2,5,10,12H2,(H,22,26)(H,24,25). The lowest BCUT2D eigenvalue weighted by atomic mass is 10.1. The van der Waals surface area contributed by atoms with E-state index in [-0.39, 0.29) is 18.4 Å². The van der Waals surface area contributed by atoms with Crippen LogP contribution in [0.25, 0.3) is 0 Å². The van der Waals surface area contributed by atoms with Crippen molar-refractivity contribution in [1.82, 2.24) is 4.90 Å². The van der Waals surface area contributed by atoms with Crippen molar-refractivity contribution in [1.29, 1.82) is 0 Å². The third kappa shape index (κ3) is 4.49. The Bertz CT molecular complexity index is 867. The minimum Gasteiger partial charge on any atom is -0.481 e. The van der Waals surface area contributed by atoms with Crippen LogP contribution in [0.4, 0.5) is 10.1 Å². The minimum absolute atomic E-state index is 0.0767. The number of amides is 2. The molecule has 0 aliphatic carbocycles. The van der Waals surface area contributed by atoms with Crippen LogP contribution in [0.3, 0.4) is 0 Å². The zero-order chi connectivity index (χ0) is 19.4. The maximum absolute atomic E-state index is 13.0. The van der Waals surface area contributed by atoms with E-state index in [0.717, 1.165) is 6.42 Å². The fourth-order valence-electron chi connectivity index (χ4n) is 3.22. The second-order valence-corrected chi connectivity index (χ2v) is 6.43. The quantitative estimate of drug-likeness (QED) is 0.846. The second kappa shape index (κ2) is 7.99. The molecule has 0 aromatic heterocycles. The van der Waals surface area contributed by atoms with E-state index in [0.29, 0.717) is 29.8 Å². The zero-order valence-electron chi connectivity index (χ0n) is 14.5. The Morgan fingerprint density at radius 2 is 1.85 bits per heavy atom. The summed E-state index contributed by atoms with van der Waals surface area (Å²) in [6.45, 7) is 0.517. The van der Waals surface area contributed by atoms with E-state index in [9.17, 15) is 18.8 Å². The number of nitrogens with zero attached hydrogens (tertiary/aromatic N) is 1. The van der Waals surface area contributed by atoms with Crippen molar-refractivity contribution in [3.05, 3.63) is 65.5 Å². The first-order valence-corrected chi connectivity index (χ1v) is 8.64. The SMILES string of the molecule is O=C(O)CC1CCCN1C(=O)c1cccc(NC(=O)c2ccc(F)cc2)c1. The van der Waals surface area contributed by atoms with Gasteiger partial charge in [0, 0.05) is 29.4 Å². The highest BCUT2D eigenvalue weighted by molar-refractivity contribution is 6.05. The van der Waals surface area contributed by atoms with Gasteiger partial charge in [0.1, 0.15) is 5.82 Å². The fraction of sp³-hybridized carbons (Fsp3) is 0.250. The second-order valence-electron chi connectivity index (χ2n) is 6.43. The van der Waals surface area contributed by atoms with Gasteiger partial charge in [-0.25, -0.2) is 4.39 Å². The van der Waals surface area contributed by atoms with Crippen LogP contribution in [0.15, 0.2) is 48.5 Å². The van der Waals surface area contributed by atoms with Crippen molar-refractivity contribution in [2.75, 3.05) is 11.9 Å². The van der Waals surface area contributed by atoms with Gasteiger partial charge in [0.15, 0.2) is 0 Å². The predicted molar refractivity (Wildman–Crippen MR) is 97.1 cm³/mol. The van der Waals surface area contributed by atoms with Gasteiger partial charge in [0.05, 0.1) is 6.42 Å². The number of hydrogen-bond donors (Lipinski definition) is 2. The molecule has 2 N–H and O–H groups in total. The Morgan fingerprint density at radius 3 is 2.56 bits per heavy atom. The Labute approximate surface area is 155 Å². The average Bonchev–Trinajstić information content (AvgIpc) is 3.09. The van der Waals surface area contributed by atoms with E-state index >= 15 is 0 Å². The summed E-state index contributed by atoms with van der Waals surface area (Å²) in [5, 5.41) is 11.7. The lowest BCUT2D eigenvalue weighted by molar-refractivity contribution is -0.137. The van der Waals surface area contributed by atoms with Crippen LogP contribution in [-0.4, -0.2) is 40.4 Å². The molecule has 1 aliphatic rings. The van der Waals surface area contributed by atoms with Gasteiger partial charge in [0.2, 0.25) is 0 Å². The maximum atomic E-state index is 13.0. The molecule has 1 saturated heterocycles. The molecule has 1 atom stereocenters. The molecule has 27 heavy (non-hydrogen) atoms. The number of hydrogen-bond acceptors (Lipinski definition) is 3. The van der Waals surface area contributed by atoms with Crippen molar-refractivity contribution in [3.63, 3.8) is 0 Å². The summed E-state index contributed by atoms with van der Waals surface area (Å²) in [6, 6.07) is 11.3. The van der Waals surface area contributed by atoms with Crippen LogP contribution in [0.1, 0.15) is 40.0 Å². The van der Waals surface area contributed by atoms with Crippen LogP contribution in [-0.2, 0) is 4.79 Å². The number of nitrogens with one attached hydrogen (secondary N) is 1.